The third-order valence-electron chi connectivity index (χ3n) is 4.08. The van der Waals surface area contributed by atoms with Crippen molar-refractivity contribution in [3.63, 3.8) is 0 Å². The van der Waals surface area contributed by atoms with Crippen molar-refractivity contribution < 1.29 is 4.79 Å². The lowest BCUT2D eigenvalue weighted by Crippen LogP contribution is -2.28. The summed E-state index contributed by atoms with van der Waals surface area (Å²) in [6.45, 7) is 5.69. The molecule has 1 N–H and O–H groups in total. The van der Waals surface area contributed by atoms with Gasteiger partial charge in [0.2, 0.25) is 0 Å². The molecule has 2 heterocycles. The molecule has 0 saturated carbocycles. The summed E-state index contributed by atoms with van der Waals surface area (Å²) in [4.78, 5) is 18.4. The molecule has 120 valence electrons. The number of aryl methyl sites for hydroxylation is 2. The molecule has 1 aromatic heterocycles. The monoisotopic (exact) mass is 329 g/mol. The molecular weight excluding hydrogens is 310 g/mol. The van der Waals surface area contributed by atoms with Gasteiger partial charge in [0.05, 0.1) is 22.6 Å². The molecule has 4 nitrogen and oxygen atoms in total. The highest BCUT2D eigenvalue weighted by Crippen LogP contribution is 2.30. The number of hydrogen-bond acceptors (Lipinski definition) is 3. The van der Waals surface area contributed by atoms with Gasteiger partial charge >= 0.3 is 0 Å². The summed E-state index contributed by atoms with van der Waals surface area (Å²) < 4.78 is 0. The second-order valence-corrected chi connectivity index (χ2v) is 6.40. The second-order valence-electron chi connectivity index (χ2n) is 6.00. The molecule has 23 heavy (non-hydrogen) atoms. The third-order valence-corrected chi connectivity index (χ3v) is 4.38. The Bertz CT molecular complexity index is 699. The molecule has 0 radical (unpaired) electrons. The van der Waals surface area contributed by atoms with E-state index < -0.39 is 0 Å². The Labute approximate surface area is 141 Å². The van der Waals surface area contributed by atoms with E-state index in [-0.39, 0.29) is 5.91 Å². The van der Waals surface area contributed by atoms with Crippen LogP contribution in [0.5, 0.6) is 0 Å². The van der Waals surface area contributed by atoms with Gasteiger partial charge in [0, 0.05) is 13.1 Å². The van der Waals surface area contributed by atoms with Crippen LogP contribution in [0.4, 0.5) is 11.4 Å². The van der Waals surface area contributed by atoms with Crippen LogP contribution in [0.3, 0.4) is 0 Å². The molecular formula is C18H20ClN3O. The van der Waals surface area contributed by atoms with Crippen LogP contribution in [0.1, 0.15) is 34.5 Å². The Morgan fingerprint density at radius 2 is 1.96 bits per heavy atom. The van der Waals surface area contributed by atoms with E-state index in [2.05, 4.69) is 16.4 Å². The van der Waals surface area contributed by atoms with Gasteiger partial charge in [-0.2, -0.15) is 0 Å². The predicted octanol–water partition coefficient (Wildman–Crippen LogP) is 4.33. The number of halogens is 1. The fourth-order valence-corrected chi connectivity index (χ4v) is 3.26. The highest BCUT2D eigenvalue weighted by molar-refractivity contribution is 6.33. The molecule has 0 atom stereocenters. The van der Waals surface area contributed by atoms with E-state index in [1.54, 1.807) is 12.3 Å². The summed E-state index contributed by atoms with van der Waals surface area (Å²) in [6.07, 6.45) is 3.84. The Morgan fingerprint density at radius 3 is 2.57 bits per heavy atom. The maximum absolute atomic E-state index is 12.3. The van der Waals surface area contributed by atoms with Crippen LogP contribution < -0.4 is 5.32 Å². The number of aromatic nitrogens is 1. The lowest BCUT2D eigenvalue weighted by molar-refractivity contribution is 0.0787. The van der Waals surface area contributed by atoms with E-state index >= 15 is 0 Å². The third kappa shape index (κ3) is 3.48. The molecule has 1 aliphatic heterocycles. The second kappa shape index (κ2) is 6.59. The van der Waals surface area contributed by atoms with Gasteiger partial charge in [-0.05, 0) is 56.0 Å². The number of pyridine rings is 1. The largest absolute Gasteiger partial charge is 0.353 e. The Hall–Kier alpha value is -2.07. The fraction of sp³-hybridized carbons (Fsp3) is 0.333. The minimum atomic E-state index is 0.0126. The molecule has 1 fully saturated rings. The highest BCUT2D eigenvalue weighted by atomic mass is 35.5. The first kappa shape index (κ1) is 15.8. The van der Waals surface area contributed by atoms with Crippen molar-refractivity contribution in [1.29, 1.82) is 0 Å². The van der Waals surface area contributed by atoms with Gasteiger partial charge in [-0.15, -0.1) is 0 Å². The summed E-state index contributed by atoms with van der Waals surface area (Å²) in [5, 5.41) is 3.96. The van der Waals surface area contributed by atoms with Crippen molar-refractivity contribution in [2.75, 3.05) is 18.4 Å². The number of nitrogens with one attached hydrogen (secondary N) is 1. The number of amides is 1. The molecule has 0 spiro atoms. The molecule has 3 rings (SSSR count). The van der Waals surface area contributed by atoms with Crippen molar-refractivity contribution in [3.8, 4) is 0 Å². The molecule has 1 amide bonds. The van der Waals surface area contributed by atoms with Gasteiger partial charge in [-0.3, -0.25) is 4.79 Å². The summed E-state index contributed by atoms with van der Waals surface area (Å²) >= 11 is 6.31. The SMILES string of the molecule is Cc1cc(C)c(Nc2ccc(C(=O)N3CCCC3)nc2)c(Cl)c1. The first-order valence-electron chi connectivity index (χ1n) is 7.84. The maximum Gasteiger partial charge on any atom is 0.272 e. The zero-order chi connectivity index (χ0) is 16.4. The molecule has 1 saturated heterocycles. The Balaban J connectivity index is 1.76. The maximum atomic E-state index is 12.3. The van der Waals surface area contributed by atoms with E-state index in [9.17, 15) is 4.79 Å². The Kier molecular flexibility index (Phi) is 4.53. The molecule has 0 unspecified atom stereocenters. The van der Waals surface area contributed by atoms with Gasteiger partial charge in [0.25, 0.3) is 5.91 Å². The molecule has 5 heteroatoms. The first-order valence-corrected chi connectivity index (χ1v) is 8.21. The number of benzene rings is 1. The van der Waals surface area contributed by atoms with Crippen LogP contribution >= 0.6 is 11.6 Å². The van der Waals surface area contributed by atoms with Crippen molar-refractivity contribution in [3.05, 3.63) is 52.3 Å². The van der Waals surface area contributed by atoms with Crippen LogP contribution in [0, 0.1) is 13.8 Å². The number of anilines is 2. The minimum Gasteiger partial charge on any atom is -0.353 e. The normalized spacial score (nSPS) is 14.1. The Morgan fingerprint density at radius 1 is 1.22 bits per heavy atom. The van der Waals surface area contributed by atoms with E-state index in [1.165, 1.54) is 0 Å². The number of hydrogen-bond donors (Lipinski definition) is 1. The smallest absolute Gasteiger partial charge is 0.272 e. The number of nitrogens with zero attached hydrogens (tertiary/aromatic N) is 2. The van der Waals surface area contributed by atoms with Crippen molar-refractivity contribution in [1.82, 2.24) is 9.88 Å². The van der Waals surface area contributed by atoms with Crippen LogP contribution in [-0.2, 0) is 0 Å². The summed E-state index contributed by atoms with van der Waals surface area (Å²) in [5.41, 5.74) is 4.38. The van der Waals surface area contributed by atoms with Crippen molar-refractivity contribution >= 4 is 28.9 Å². The average molecular weight is 330 g/mol. The lowest BCUT2D eigenvalue weighted by Gasteiger charge is -2.15. The summed E-state index contributed by atoms with van der Waals surface area (Å²) in [7, 11) is 0. The summed E-state index contributed by atoms with van der Waals surface area (Å²) in [6, 6.07) is 7.63. The van der Waals surface area contributed by atoms with Crippen LogP contribution in [0.15, 0.2) is 30.5 Å². The predicted molar refractivity (Wildman–Crippen MR) is 93.6 cm³/mol. The quantitative estimate of drug-likeness (QED) is 0.911. The van der Waals surface area contributed by atoms with Crippen molar-refractivity contribution in [2.24, 2.45) is 0 Å². The fourth-order valence-electron chi connectivity index (χ4n) is 2.89. The van der Waals surface area contributed by atoms with Gasteiger partial charge in [0.15, 0.2) is 0 Å². The lowest BCUT2D eigenvalue weighted by atomic mass is 10.1. The molecule has 0 bridgehead atoms. The summed E-state index contributed by atoms with van der Waals surface area (Å²) in [5.74, 6) is 0.0126. The van der Waals surface area contributed by atoms with Crippen LogP contribution in [0.25, 0.3) is 0 Å². The molecule has 2 aromatic rings. The first-order chi connectivity index (χ1) is 11.0. The zero-order valence-corrected chi connectivity index (χ0v) is 14.2. The zero-order valence-electron chi connectivity index (χ0n) is 13.4. The van der Waals surface area contributed by atoms with Crippen LogP contribution in [0.2, 0.25) is 5.02 Å². The number of carbonyl (C=O) groups excluding carboxylic acids is 1. The topological polar surface area (TPSA) is 45.2 Å². The van der Waals surface area contributed by atoms with Gasteiger partial charge in [0.1, 0.15) is 5.69 Å². The van der Waals surface area contributed by atoms with E-state index in [0.717, 1.165) is 48.4 Å². The number of rotatable bonds is 3. The number of likely N-dealkylation sites (tertiary alicyclic amines) is 1. The van der Waals surface area contributed by atoms with Gasteiger partial charge in [-0.25, -0.2) is 4.98 Å². The molecule has 1 aromatic carbocycles. The van der Waals surface area contributed by atoms with Gasteiger partial charge in [-0.1, -0.05) is 17.7 Å². The van der Waals surface area contributed by atoms with Gasteiger partial charge < -0.3 is 10.2 Å². The molecule has 1 aliphatic rings. The number of carbonyl (C=O) groups is 1. The van der Waals surface area contributed by atoms with E-state index in [0.29, 0.717) is 10.7 Å². The minimum absolute atomic E-state index is 0.0126. The van der Waals surface area contributed by atoms with Crippen molar-refractivity contribution in [2.45, 2.75) is 26.7 Å². The average Bonchev–Trinajstić information content (AvgIpc) is 3.05. The molecule has 0 aliphatic carbocycles. The van der Waals surface area contributed by atoms with Crippen LogP contribution in [-0.4, -0.2) is 28.9 Å². The standard InChI is InChI=1S/C18H20ClN3O/c1-12-9-13(2)17(15(19)10-12)21-14-5-6-16(20-11-14)18(23)22-7-3-4-8-22/h5-6,9-11,21H,3-4,7-8H2,1-2H3. The van der Waals surface area contributed by atoms with E-state index in [1.807, 2.05) is 30.9 Å². The van der Waals surface area contributed by atoms with E-state index in [4.69, 9.17) is 11.6 Å². The highest BCUT2D eigenvalue weighted by Gasteiger charge is 2.20.